The van der Waals surface area contributed by atoms with Crippen molar-refractivity contribution in [2.75, 3.05) is 150 Å². The third-order valence-electron chi connectivity index (χ3n) is 30.9. The number of hydrogen-bond donors (Lipinski definition) is 0. The molecule has 7 saturated heterocycles. The van der Waals surface area contributed by atoms with Gasteiger partial charge in [0.25, 0.3) is 0 Å². The van der Waals surface area contributed by atoms with Gasteiger partial charge in [-0.1, -0.05) is 78.9 Å². The van der Waals surface area contributed by atoms with Gasteiger partial charge in [-0.3, -0.25) is 77.4 Å². The van der Waals surface area contributed by atoms with Crippen LogP contribution in [0.5, 0.6) is 17.6 Å². The molecule has 7 fully saturated rings. The van der Waals surface area contributed by atoms with Crippen LogP contribution in [0.15, 0.2) is 222 Å². The molecule has 0 N–H and O–H groups in total. The topological polar surface area (TPSA) is 343 Å². The molecule has 37 heteroatoms. The average Bonchev–Trinajstić information content (AvgIpc) is 1.61. The number of ether oxygens (including phenoxy) is 3. The summed E-state index contributed by atoms with van der Waals surface area (Å²) in [4.78, 5) is 147. The number of likely N-dealkylation sites (tertiary alicyclic amines) is 3. The van der Waals surface area contributed by atoms with Crippen molar-refractivity contribution < 1.29 is 51.8 Å². The molecule has 7 aromatic heterocycles. The summed E-state index contributed by atoms with van der Waals surface area (Å²) in [7, 11) is 5.57. The molecule has 6 amide bonds. The number of fused-ring (bicyclic) bond motifs is 3. The zero-order chi connectivity index (χ0) is 103. The average molecular weight is 2020 g/mol. The van der Waals surface area contributed by atoms with Crippen LogP contribution in [0.2, 0.25) is 0 Å². The zero-order valence-corrected chi connectivity index (χ0v) is 85.3. The van der Waals surface area contributed by atoms with Gasteiger partial charge in [0.15, 0.2) is 17.5 Å². The first-order valence-electron chi connectivity index (χ1n) is 51.8. The summed E-state index contributed by atoms with van der Waals surface area (Å²) in [6.45, 7) is 18.9. The highest BCUT2D eigenvalue weighted by Gasteiger charge is 2.55. The predicted molar refractivity (Wildman–Crippen MR) is 564 cm³/mol. The minimum Gasteiger partial charge on any atom is -0.475 e. The number of carbonyl (C=O) groups excluding carboxylic acids is 6. The van der Waals surface area contributed by atoms with Crippen LogP contribution >= 0.6 is 0 Å². The molecule has 12 aromatic rings. The maximum Gasteiger partial charge on any atom is 0.388 e. The Labute approximate surface area is 868 Å². The number of hydrogen-bond acceptors (Lipinski definition) is 26. The van der Waals surface area contributed by atoms with Crippen molar-refractivity contribution in [2.24, 2.45) is 52.4 Å². The van der Waals surface area contributed by atoms with E-state index in [0.717, 1.165) is 160 Å². The smallest absolute Gasteiger partial charge is 0.388 e. The quantitative estimate of drug-likeness (QED) is 0.0542. The molecular weight excluding hydrogens is 1900 g/mol. The lowest BCUT2D eigenvalue weighted by molar-refractivity contribution is -0.133. The molecule has 3 atom stereocenters. The molecule has 0 aliphatic carbocycles. The van der Waals surface area contributed by atoms with Gasteiger partial charge >= 0.3 is 6.61 Å². The Kier molecular flexibility index (Phi) is 27.6. The number of alkyl halides is 2. The Bertz CT molecular complexity index is 7010. The normalized spacial score (nSPS) is 20.6. The Morgan fingerprint density at radius 2 is 0.727 bits per heavy atom. The fourth-order valence-corrected chi connectivity index (χ4v) is 22.8. The molecule has 24 rings (SSSR count). The minimum atomic E-state index is -2.95. The fraction of sp³-hybridized carbons (Fsp3) is 0.389. The summed E-state index contributed by atoms with van der Waals surface area (Å²) in [5.74, 6) is 4.39. The van der Waals surface area contributed by atoms with Gasteiger partial charge in [-0.2, -0.15) is 24.1 Å². The second-order valence-electron chi connectivity index (χ2n) is 41.5. The van der Waals surface area contributed by atoms with Crippen LogP contribution in [0.3, 0.4) is 0 Å². The predicted octanol–water partition coefficient (Wildman–Crippen LogP) is 12.5. The fourth-order valence-electron chi connectivity index (χ4n) is 22.8. The Hall–Kier alpha value is -15.6. The van der Waals surface area contributed by atoms with E-state index in [1.165, 1.54) is 23.4 Å². The van der Waals surface area contributed by atoms with Crippen molar-refractivity contribution in [2.45, 2.75) is 118 Å². The number of rotatable bonds is 24. The summed E-state index contributed by atoms with van der Waals surface area (Å²) in [6, 6.07) is 51.9. The maximum atomic E-state index is 14.1. The van der Waals surface area contributed by atoms with Crippen LogP contribution in [-0.2, 0) is 69.5 Å². The number of pyridine rings is 4. The molecule has 0 unspecified atom stereocenters. The Balaban J connectivity index is 0.000000127. The van der Waals surface area contributed by atoms with Crippen LogP contribution in [0, 0.1) is 16.2 Å². The highest BCUT2D eigenvalue weighted by Crippen LogP contribution is 2.48. The summed E-state index contributed by atoms with van der Waals surface area (Å²) < 4.78 is 46.0. The Morgan fingerprint density at radius 3 is 1.12 bits per heavy atom. The first-order chi connectivity index (χ1) is 72.7. The summed E-state index contributed by atoms with van der Waals surface area (Å²) in [6.07, 6.45) is 20.7. The third kappa shape index (κ3) is 20.7. The molecule has 35 nitrogen and oxygen atoms in total. The summed E-state index contributed by atoms with van der Waals surface area (Å²) in [5, 5.41) is 13.1. The van der Waals surface area contributed by atoms with Crippen LogP contribution in [0.4, 0.5) is 31.7 Å². The number of piperazine rings is 1. The first kappa shape index (κ1) is 99.0. The van der Waals surface area contributed by atoms with Crippen molar-refractivity contribution in [3.8, 4) is 51.8 Å². The molecule has 3 spiro atoms. The lowest BCUT2D eigenvalue weighted by Crippen LogP contribution is -2.51. The van der Waals surface area contributed by atoms with Gasteiger partial charge in [-0.05, 0) is 205 Å². The highest BCUT2D eigenvalue weighted by molar-refractivity contribution is 6.17. The monoisotopic (exact) mass is 2020 g/mol. The van der Waals surface area contributed by atoms with Gasteiger partial charge in [-0.15, -0.1) is 0 Å². The van der Waals surface area contributed by atoms with Gasteiger partial charge in [0.05, 0.1) is 90.6 Å². The number of aromatic nitrogens is 13. The molecule has 770 valence electrons. The first-order valence-corrected chi connectivity index (χ1v) is 51.8. The SMILES string of the molecule is CC(C)Oc1ccc(C2=NCc3ccc(N4CC[C@]5(CCN(CC(=O)N6CC=C(c7ccc(-c8ncn(C)n8)cc7)CC6)C5)C4=O)cc32)cn1.CC(C)Oc1ccc(C2=NCc3ccc(N4CC[C@]5(CCN(CC(=O)N6CCN(c7ccc(-c8ncn(C)n8)cc7)CC6)C5)C4=O)cc32)cn1.Cn1cnc(-c2ccc(C3=CCN(C(=O)CN4CC[C@]5(CCN(c6ccc7c(n6)C(c6ccc(OC(F)F)nc6)=NC7)C5=O)C4)CC3)cc2)n1. The molecule has 12 aliphatic rings. The highest BCUT2D eigenvalue weighted by atomic mass is 19.3. The lowest BCUT2D eigenvalue weighted by Gasteiger charge is -2.37. The van der Waals surface area contributed by atoms with E-state index in [2.05, 4.69) is 159 Å². The van der Waals surface area contributed by atoms with Gasteiger partial charge in [0, 0.05) is 217 Å². The van der Waals surface area contributed by atoms with Crippen LogP contribution in [0.1, 0.15) is 140 Å². The van der Waals surface area contributed by atoms with E-state index in [1.54, 1.807) is 44.0 Å². The van der Waals surface area contributed by atoms with E-state index in [9.17, 15) is 37.5 Å². The number of aliphatic imine (C=N–C) groups is 3. The van der Waals surface area contributed by atoms with Crippen molar-refractivity contribution in [1.29, 1.82) is 0 Å². The van der Waals surface area contributed by atoms with Crippen molar-refractivity contribution in [1.82, 2.24) is 93.6 Å². The standard InChI is InChI=1S/C39H42N8O3.C38H43N9O3.C36H35F2N9O3/c1-26(2)50-34-11-9-31(22-40-34)36-33-20-32(10-8-30(33)21-41-36)47-19-15-39(38(47)49)14-18-45(24-39)23-35(48)46-16-12-28(13-17-46)27-4-6-29(7-5-27)37-42-25-44(3)43-37;1-26(2)50-33-11-7-29(22-39-33)35-32-20-31(10-6-28(32)21-40-35)47-15-13-38(37(47)49)12-14-44(24-38)23-34(48)46-18-16-45(17-19-46)30-8-4-27(5-9-30)36-41-25-43(3)42-36;1-44-22-41-33(43-44)25-4-2-23(3-5-25)24-10-14-46(15-11-24)30(48)20-45-16-12-36(21-45)13-17-47(34(36)49)28-8-6-27-19-40-31(32(27)42-28)26-7-9-29(39-18-26)50-35(37)38/h4-12,20,22,25-26H,13-19,21,23-24H2,1-3H3;4-11,20,22,25-26H,12-19,21,23-24H2,1-3H3;2-10,18,22,35H,11-17,19-21H2,1H3/t39-;38-;36-/m000/s1. The van der Waals surface area contributed by atoms with E-state index in [-0.39, 0.29) is 60.1 Å². The maximum absolute atomic E-state index is 14.1. The second-order valence-corrected chi connectivity index (χ2v) is 41.5. The van der Waals surface area contributed by atoms with Gasteiger partial charge < -0.3 is 43.6 Å². The molecule has 5 aromatic carbocycles. The zero-order valence-electron chi connectivity index (χ0n) is 85.3. The van der Waals surface area contributed by atoms with E-state index < -0.39 is 22.9 Å². The number of benzene rings is 5. The lowest BCUT2D eigenvalue weighted by atomic mass is 9.85. The van der Waals surface area contributed by atoms with Gasteiger partial charge in [0.1, 0.15) is 24.8 Å². The van der Waals surface area contributed by atoms with Crippen molar-refractivity contribution in [3.05, 3.63) is 269 Å². The molecule has 0 bridgehead atoms. The molecule has 0 radical (unpaired) electrons. The van der Waals surface area contributed by atoms with Gasteiger partial charge in [-0.25, -0.2) is 34.9 Å². The number of aryl methyl sites for hydroxylation is 3. The Morgan fingerprint density at radius 1 is 0.367 bits per heavy atom. The number of carbonyl (C=O) groups is 6. The van der Waals surface area contributed by atoms with Crippen LogP contribution in [0.25, 0.3) is 45.3 Å². The number of anilines is 4. The van der Waals surface area contributed by atoms with Crippen LogP contribution in [-0.4, -0.2) is 296 Å². The summed E-state index contributed by atoms with van der Waals surface area (Å²) in [5.41, 5.74) is 20.1. The van der Waals surface area contributed by atoms with E-state index >= 15 is 0 Å². The molecule has 12 aliphatic heterocycles. The van der Waals surface area contributed by atoms with Gasteiger partial charge in [0.2, 0.25) is 53.1 Å². The number of amides is 6. The number of nitrogens with zero attached hydrogens (tertiary/aromatic N) is 26. The minimum absolute atomic E-state index is 0.0296. The van der Waals surface area contributed by atoms with E-state index in [4.69, 9.17) is 24.4 Å². The largest absolute Gasteiger partial charge is 0.475 e. The van der Waals surface area contributed by atoms with Crippen molar-refractivity contribution in [3.63, 3.8) is 0 Å². The van der Waals surface area contributed by atoms with Crippen LogP contribution < -0.4 is 33.8 Å². The number of halogens is 2. The van der Waals surface area contributed by atoms with E-state index in [1.807, 2.05) is 159 Å². The second kappa shape index (κ2) is 41.8. The van der Waals surface area contributed by atoms with Crippen molar-refractivity contribution >= 4 is 86.6 Å². The molecule has 150 heavy (non-hydrogen) atoms. The molecular formula is C113H120F2N26O9. The molecule has 19 heterocycles. The summed E-state index contributed by atoms with van der Waals surface area (Å²) >= 11 is 0. The molecule has 0 saturated carbocycles. The van der Waals surface area contributed by atoms with E-state index in [0.29, 0.717) is 183 Å². The third-order valence-corrected chi connectivity index (χ3v) is 30.9.